The Hall–Kier alpha value is -0.693. The van der Waals surface area contributed by atoms with E-state index in [1.165, 1.54) is 19.3 Å². The van der Waals surface area contributed by atoms with Gasteiger partial charge in [0.15, 0.2) is 14.6 Å². The molecule has 6 atom stereocenters. The SMILES string of the molecule is CCCCCC(C=C[C@@H]1[C@H]2CC(=O)O[C@H]2C[C@H]1OC1CCCCO1)O[Si](C)(C)C(C)(C)C. The summed E-state index contributed by atoms with van der Waals surface area (Å²) in [5.41, 5.74) is 0. The molecule has 2 unspecified atom stereocenters. The number of unbranched alkanes of at least 4 members (excludes halogenated alkanes) is 2. The van der Waals surface area contributed by atoms with Gasteiger partial charge in [0.05, 0.1) is 18.6 Å². The fourth-order valence-corrected chi connectivity index (χ4v) is 6.23. The van der Waals surface area contributed by atoms with E-state index in [-0.39, 0.29) is 47.4 Å². The van der Waals surface area contributed by atoms with Crippen molar-refractivity contribution in [2.75, 3.05) is 6.61 Å². The van der Waals surface area contributed by atoms with Gasteiger partial charge in [-0.2, -0.15) is 0 Å². The number of hydrogen-bond acceptors (Lipinski definition) is 5. The monoisotopic (exact) mass is 466 g/mol. The summed E-state index contributed by atoms with van der Waals surface area (Å²) in [6.45, 7) is 14.6. The summed E-state index contributed by atoms with van der Waals surface area (Å²) in [6.07, 6.45) is 13.7. The molecule has 1 aliphatic carbocycles. The van der Waals surface area contributed by atoms with Crippen LogP contribution in [0.3, 0.4) is 0 Å². The molecule has 2 heterocycles. The van der Waals surface area contributed by atoms with Crippen molar-refractivity contribution < 1.29 is 23.4 Å². The van der Waals surface area contributed by atoms with Crippen LogP contribution in [0.15, 0.2) is 12.2 Å². The van der Waals surface area contributed by atoms with Gasteiger partial charge in [0.2, 0.25) is 0 Å². The molecule has 3 rings (SSSR count). The van der Waals surface area contributed by atoms with Crippen LogP contribution < -0.4 is 0 Å². The van der Waals surface area contributed by atoms with Crippen molar-refractivity contribution in [2.45, 2.75) is 128 Å². The summed E-state index contributed by atoms with van der Waals surface area (Å²) in [6, 6.07) is 0. The minimum absolute atomic E-state index is 0.0226. The molecule has 0 N–H and O–H groups in total. The van der Waals surface area contributed by atoms with Crippen molar-refractivity contribution in [1.82, 2.24) is 0 Å². The Kier molecular flexibility index (Phi) is 9.04. The van der Waals surface area contributed by atoms with Crippen molar-refractivity contribution in [1.29, 1.82) is 0 Å². The van der Waals surface area contributed by atoms with Crippen LogP contribution in [0.5, 0.6) is 0 Å². The molecule has 32 heavy (non-hydrogen) atoms. The van der Waals surface area contributed by atoms with Gasteiger partial charge in [0, 0.05) is 24.9 Å². The molecule has 2 saturated heterocycles. The highest BCUT2D eigenvalue weighted by Gasteiger charge is 2.50. The van der Waals surface area contributed by atoms with Gasteiger partial charge in [-0.15, -0.1) is 0 Å². The van der Waals surface area contributed by atoms with Gasteiger partial charge in [0.25, 0.3) is 0 Å². The maximum atomic E-state index is 12.0. The van der Waals surface area contributed by atoms with Gasteiger partial charge in [-0.1, -0.05) is 59.1 Å². The van der Waals surface area contributed by atoms with Gasteiger partial charge in [-0.3, -0.25) is 4.79 Å². The Morgan fingerprint density at radius 3 is 2.66 bits per heavy atom. The molecule has 0 aromatic rings. The molecule has 2 aliphatic heterocycles. The number of esters is 1. The van der Waals surface area contributed by atoms with Crippen molar-refractivity contribution >= 4 is 14.3 Å². The van der Waals surface area contributed by atoms with Crippen molar-refractivity contribution in [2.24, 2.45) is 11.8 Å². The number of ether oxygens (including phenoxy) is 3. The molecule has 5 nitrogen and oxygen atoms in total. The standard InChI is InChI=1S/C26H46O5Si/c1-7-8-9-12-19(31-32(5,6)26(2,3)4)14-15-20-21-17-24(27)29-23(21)18-22(20)30-25-13-10-11-16-28-25/h14-15,19-23,25H,7-13,16-18H2,1-6H3/t19?,20-,21-,22-,23+,25?/m1/s1. The lowest BCUT2D eigenvalue weighted by Crippen LogP contribution is -2.43. The van der Waals surface area contributed by atoms with Crippen LogP contribution in [0.25, 0.3) is 0 Å². The fraction of sp³-hybridized carbons (Fsp3) is 0.885. The minimum atomic E-state index is -1.88. The molecule has 0 spiro atoms. The minimum Gasteiger partial charge on any atom is -0.462 e. The lowest BCUT2D eigenvalue weighted by Gasteiger charge is -2.39. The van der Waals surface area contributed by atoms with E-state index in [1.54, 1.807) is 0 Å². The summed E-state index contributed by atoms with van der Waals surface area (Å²) in [5.74, 6) is 0.313. The van der Waals surface area contributed by atoms with Crippen LogP contribution in [0, 0.1) is 11.8 Å². The highest BCUT2D eigenvalue weighted by molar-refractivity contribution is 6.74. The lowest BCUT2D eigenvalue weighted by atomic mass is 9.91. The van der Waals surface area contributed by atoms with Crippen LogP contribution in [0.1, 0.15) is 85.5 Å². The predicted octanol–water partition coefficient (Wildman–Crippen LogP) is 6.38. The first kappa shape index (κ1) is 25.9. The first-order valence-electron chi connectivity index (χ1n) is 12.9. The molecule has 0 aromatic heterocycles. The van der Waals surface area contributed by atoms with E-state index in [0.29, 0.717) is 6.42 Å². The van der Waals surface area contributed by atoms with E-state index in [4.69, 9.17) is 18.6 Å². The number of rotatable bonds is 10. The molecule has 6 heteroatoms. The molecule has 0 amide bonds. The molecule has 0 aromatic carbocycles. The van der Waals surface area contributed by atoms with E-state index < -0.39 is 8.32 Å². The van der Waals surface area contributed by atoms with E-state index in [2.05, 4.69) is 52.9 Å². The smallest absolute Gasteiger partial charge is 0.306 e. The van der Waals surface area contributed by atoms with Crippen molar-refractivity contribution in [3.8, 4) is 0 Å². The summed E-state index contributed by atoms with van der Waals surface area (Å²) in [5, 5.41) is 0.179. The highest BCUT2D eigenvalue weighted by atomic mass is 28.4. The topological polar surface area (TPSA) is 54.0 Å². The average Bonchev–Trinajstić information content (AvgIpc) is 3.21. The third-order valence-corrected chi connectivity index (χ3v) is 12.4. The van der Waals surface area contributed by atoms with E-state index in [9.17, 15) is 4.79 Å². The third kappa shape index (κ3) is 6.68. The molecular weight excluding hydrogens is 420 g/mol. The summed E-state index contributed by atoms with van der Waals surface area (Å²) in [4.78, 5) is 12.0. The average molecular weight is 467 g/mol. The van der Waals surface area contributed by atoms with E-state index in [0.717, 1.165) is 38.7 Å². The number of carbonyl (C=O) groups excluding carboxylic acids is 1. The summed E-state index contributed by atoms with van der Waals surface area (Å²) < 4.78 is 24.7. The third-order valence-electron chi connectivity index (χ3n) is 7.91. The van der Waals surface area contributed by atoms with Crippen molar-refractivity contribution in [3.63, 3.8) is 0 Å². The van der Waals surface area contributed by atoms with Crippen LogP contribution in [-0.4, -0.2) is 45.5 Å². The highest BCUT2D eigenvalue weighted by Crippen LogP contribution is 2.44. The fourth-order valence-electron chi connectivity index (χ4n) is 4.92. The molecule has 1 saturated carbocycles. The summed E-state index contributed by atoms with van der Waals surface area (Å²) >= 11 is 0. The first-order valence-corrected chi connectivity index (χ1v) is 15.8. The predicted molar refractivity (Wildman–Crippen MR) is 130 cm³/mol. The second-order valence-electron chi connectivity index (χ2n) is 11.5. The molecule has 3 aliphatic rings. The molecular formula is C26H46O5Si. The van der Waals surface area contributed by atoms with Crippen LogP contribution in [0.2, 0.25) is 18.1 Å². The Morgan fingerprint density at radius 1 is 1.22 bits per heavy atom. The van der Waals surface area contributed by atoms with Crippen LogP contribution in [0.4, 0.5) is 0 Å². The van der Waals surface area contributed by atoms with Crippen LogP contribution in [-0.2, 0) is 23.4 Å². The molecule has 3 fully saturated rings. The molecule has 0 bridgehead atoms. The lowest BCUT2D eigenvalue weighted by molar-refractivity contribution is -0.194. The maximum Gasteiger partial charge on any atom is 0.306 e. The Morgan fingerprint density at radius 2 is 2.00 bits per heavy atom. The van der Waals surface area contributed by atoms with E-state index >= 15 is 0 Å². The molecule has 184 valence electrons. The second kappa shape index (κ2) is 11.2. The van der Waals surface area contributed by atoms with Gasteiger partial charge in [0.1, 0.15) is 6.10 Å². The Balaban J connectivity index is 1.73. The Labute approximate surface area is 196 Å². The zero-order valence-electron chi connectivity index (χ0n) is 21.2. The number of fused-ring (bicyclic) bond motifs is 1. The first-order chi connectivity index (χ1) is 15.1. The summed E-state index contributed by atoms with van der Waals surface area (Å²) in [7, 11) is -1.88. The largest absolute Gasteiger partial charge is 0.462 e. The Bertz CT molecular complexity index is 635. The number of carbonyl (C=O) groups is 1. The zero-order valence-corrected chi connectivity index (χ0v) is 22.2. The maximum absolute atomic E-state index is 12.0. The van der Waals surface area contributed by atoms with Crippen molar-refractivity contribution in [3.05, 3.63) is 12.2 Å². The van der Waals surface area contributed by atoms with Gasteiger partial charge < -0.3 is 18.6 Å². The normalized spacial score (nSPS) is 32.3. The quantitative estimate of drug-likeness (QED) is 0.162. The number of hydrogen-bond donors (Lipinski definition) is 0. The van der Waals surface area contributed by atoms with Gasteiger partial charge in [-0.05, 0) is 43.8 Å². The molecule has 0 radical (unpaired) electrons. The second-order valence-corrected chi connectivity index (χ2v) is 16.2. The van der Waals surface area contributed by atoms with Crippen LogP contribution >= 0.6 is 0 Å². The van der Waals surface area contributed by atoms with Gasteiger partial charge in [-0.25, -0.2) is 0 Å². The van der Waals surface area contributed by atoms with Gasteiger partial charge >= 0.3 is 5.97 Å². The van der Waals surface area contributed by atoms with E-state index in [1.807, 2.05) is 0 Å². The zero-order chi connectivity index (χ0) is 23.4.